The number of amides is 1. The Morgan fingerprint density at radius 2 is 2.20 bits per heavy atom. The minimum atomic E-state index is -1.33. The molecule has 20 heavy (non-hydrogen) atoms. The highest BCUT2D eigenvalue weighted by Gasteiger charge is 2.44. The Hall–Kier alpha value is -2.08. The number of aryl methyl sites for hydroxylation is 1. The summed E-state index contributed by atoms with van der Waals surface area (Å²) in [6, 6.07) is 5.02. The maximum Gasteiger partial charge on any atom is 0.331 e. The van der Waals surface area contributed by atoms with Crippen LogP contribution in [-0.2, 0) is 9.53 Å². The standard InChI is InChI=1S/C14H17NO5/c1-9-7-10(19-2)3-4-11(9)12(16)15-14(13(17)18)5-6-20-8-14/h3-4,7H,5-6,8H2,1-2H3,(H,15,16)(H,17,18). The van der Waals surface area contributed by atoms with E-state index in [1.165, 1.54) is 0 Å². The van der Waals surface area contributed by atoms with Crippen molar-refractivity contribution in [3.8, 4) is 5.75 Å². The SMILES string of the molecule is COc1ccc(C(=O)NC2(C(=O)O)CCOC2)c(C)c1. The van der Waals surface area contributed by atoms with Gasteiger partial charge in [-0.25, -0.2) is 4.79 Å². The summed E-state index contributed by atoms with van der Waals surface area (Å²) in [7, 11) is 1.55. The number of carbonyl (C=O) groups excluding carboxylic acids is 1. The van der Waals surface area contributed by atoms with Gasteiger partial charge in [0.05, 0.1) is 13.7 Å². The molecule has 1 heterocycles. The molecule has 0 radical (unpaired) electrons. The summed E-state index contributed by atoms with van der Waals surface area (Å²) in [5, 5.41) is 11.9. The number of aliphatic carboxylic acids is 1. The molecule has 2 N–H and O–H groups in total. The molecule has 2 rings (SSSR count). The van der Waals surface area contributed by atoms with Crippen molar-refractivity contribution in [1.82, 2.24) is 5.32 Å². The number of hydrogen-bond acceptors (Lipinski definition) is 4. The van der Waals surface area contributed by atoms with Gasteiger partial charge in [-0.2, -0.15) is 0 Å². The molecule has 6 heteroatoms. The first-order valence-electron chi connectivity index (χ1n) is 6.27. The molecule has 1 atom stereocenters. The van der Waals surface area contributed by atoms with Gasteiger partial charge in [-0.05, 0) is 30.7 Å². The topological polar surface area (TPSA) is 84.9 Å². The predicted octanol–water partition coefficient (Wildman–Crippen LogP) is 0.977. The fourth-order valence-electron chi connectivity index (χ4n) is 2.19. The first-order valence-corrected chi connectivity index (χ1v) is 6.27. The molecular weight excluding hydrogens is 262 g/mol. The Balaban J connectivity index is 2.21. The number of carboxylic acid groups (broad SMARTS) is 1. The Morgan fingerprint density at radius 3 is 2.70 bits per heavy atom. The summed E-state index contributed by atoms with van der Waals surface area (Å²) in [6.07, 6.45) is 0.267. The summed E-state index contributed by atoms with van der Waals surface area (Å²) in [5.74, 6) is -0.844. The van der Waals surface area contributed by atoms with Gasteiger partial charge in [0, 0.05) is 18.6 Å². The maximum absolute atomic E-state index is 12.3. The van der Waals surface area contributed by atoms with Crippen LogP contribution >= 0.6 is 0 Å². The molecule has 0 bridgehead atoms. The van der Waals surface area contributed by atoms with E-state index in [4.69, 9.17) is 9.47 Å². The minimum absolute atomic E-state index is 0.0106. The molecule has 6 nitrogen and oxygen atoms in total. The van der Waals surface area contributed by atoms with Gasteiger partial charge in [0.15, 0.2) is 5.54 Å². The highest BCUT2D eigenvalue weighted by molar-refractivity contribution is 5.99. The second kappa shape index (κ2) is 5.50. The first-order chi connectivity index (χ1) is 9.48. The fourth-order valence-corrected chi connectivity index (χ4v) is 2.19. The molecule has 1 aliphatic rings. The first kappa shape index (κ1) is 14.3. The van der Waals surface area contributed by atoms with Crippen molar-refractivity contribution < 1.29 is 24.2 Å². The number of benzene rings is 1. The van der Waals surface area contributed by atoms with Gasteiger partial charge in [-0.1, -0.05) is 0 Å². The van der Waals surface area contributed by atoms with Crippen LogP contribution in [0.3, 0.4) is 0 Å². The van der Waals surface area contributed by atoms with Crippen molar-refractivity contribution in [3.05, 3.63) is 29.3 Å². The van der Waals surface area contributed by atoms with Gasteiger partial charge in [-0.3, -0.25) is 4.79 Å². The van der Waals surface area contributed by atoms with Crippen molar-refractivity contribution in [2.24, 2.45) is 0 Å². The number of nitrogens with one attached hydrogen (secondary N) is 1. The zero-order valence-electron chi connectivity index (χ0n) is 11.4. The van der Waals surface area contributed by atoms with E-state index in [1.807, 2.05) is 0 Å². The number of carbonyl (C=O) groups is 2. The molecule has 1 saturated heterocycles. The Kier molecular flexibility index (Phi) is 3.94. The van der Waals surface area contributed by atoms with E-state index < -0.39 is 17.4 Å². The number of carboxylic acids is 1. The monoisotopic (exact) mass is 279 g/mol. The van der Waals surface area contributed by atoms with Gasteiger partial charge in [0.25, 0.3) is 5.91 Å². The molecule has 1 fully saturated rings. The lowest BCUT2D eigenvalue weighted by molar-refractivity contribution is -0.144. The van der Waals surface area contributed by atoms with E-state index >= 15 is 0 Å². The lowest BCUT2D eigenvalue weighted by Gasteiger charge is -2.24. The van der Waals surface area contributed by atoms with Crippen LogP contribution in [0.15, 0.2) is 18.2 Å². The third-order valence-corrected chi connectivity index (χ3v) is 3.46. The lowest BCUT2D eigenvalue weighted by Crippen LogP contribution is -2.55. The molecular formula is C14H17NO5. The van der Waals surface area contributed by atoms with Crippen LogP contribution in [0, 0.1) is 6.92 Å². The average Bonchev–Trinajstić information content (AvgIpc) is 2.88. The van der Waals surface area contributed by atoms with Crippen LogP contribution in [0.4, 0.5) is 0 Å². The van der Waals surface area contributed by atoms with E-state index in [2.05, 4.69) is 5.32 Å². The Labute approximate surface area is 116 Å². The Bertz CT molecular complexity index is 534. The molecule has 0 aliphatic carbocycles. The van der Waals surface area contributed by atoms with Crippen LogP contribution in [0.5, 0.6) is 5.75 Å². The highest BCUT2D eigenvalue weighted by Crippen LogP contribution is 2.22. The van der Waals surface area contributed by atoms with Crippen molar-refractivity contribution >= 4 is 11.9 Å². The summed E-state index contributed by atoms with van der Waals surface area (Å²) in [5.41, 5.74) is -0.177. The zero-order chi connectivity index (χ0) is 14.8. The molecule has 108 valence electrons. The van der Waals surface area contributed by atoms with E-state index in [1.54, 1.807) is 32.2 Å². The quantitative estimate of drug-likeness (QED) is 0.858. The van der Waals surface area contributed by atoms with Gasteiger partial charge in [0.1, 0.15) is 5.75 Å². The normalized spacial score (nSPS) is 21.5. The van der Waals surface area contributed by atoms with Gasteiger partial charge in [-0.15, -0.1) is 0 Å². The zero-order valence-corrected chi connectivity index (χ0v) is 11.4. The molecule has 0 aromatic heterocycles. The van der Waals surface area contributed by atoms with Crippen LogP contribution in [0.1, 0.15) is 22.3 Å². The summed E-state index contributed by atoms with van der Waals surface area (Å²) < 4.78 is 10.2. The van der Waals surface area contributed by atoms with Crippen molar-refractivity contribution in [1.29, 1.82) is 0 Å². The molecule has 1 aromatic rings. The van der Waals surface area contributed by atoms with E-state index in [9.17, 15) is 14.7 Å². The van der Waals surface area contributed by atoms with Crippen molar-refractivity contribution in [2.45, 2.75) is 18.9 Å². The molecule has 1 unspecified atom stereocenters. The third-order valence-electron chi connectivity index (χ3n) is 3.46. The van der Waals surface area contributed by atoms with Crippen molar-refractivity contribution in [3.63, 3.8) is 0 Å². The van der Waals surface area contributed by atoms with Crippen LogP contribution in [0.2, 0.25) is 0 Å². The maximum atomic E-state index is 12.3. The van der Waals surface area contributed by atoms with Crippen molar-refractivity contribution in [2.75, 3.05) is 20.3 Å². The molecule has 0 spiro atoms. The lowest BCUT2D eigenvalue weighted by atomic mass is 9.97. The van der Waals surface area contributed by atoms with Crippen LogP contribution in [-0.4, -0.2) is 42.8 Å². The van der Waals surface area contributed by atoms with Crippen LogP contribution in [0.25, 0.3) is 0 Å². The van der Waals surface area contributed by atoms with Gasteiger partial charge in [0.2, 0.25) is 0 Å². The molecule has 1 amide bonds. The second-order valence-corrected chi connectivity index (χ2v) is 4.82. The number of ether oxygens (including phenoxy) is 2. The number of methoxy groups -OCH3 is 1. The number of rotatable bonds is 4. The highest BCUT2D eigenvalue weighted by atomic mass is 16.5. The molecule has 1 aliphatic heterocycles. The van der Waals surface area contributed by atoms with Gasteiger partial charge >= 0.3 is 5.97 Å². The largest absolute Gasteiger partial charge is 0.497 e. The second-order valence-electron chi connectivity index (χ2n) is 4.82. The summed E-state index contributed by atoms with van der Waals surface area (Å²) >= 11 is 0. The smallest absolute Gasteiger partial charge is 0.331 e. The van der Waals surface area contributed by atoms with Crippen LogP contribution < -0.4 is 10.1 Å². The number of hydrogen-bond donors (Lipinski definition) is 2. The summed E-state index contributed by atoms with van der Waals surface area (Å²) in [4.78, 5) is 23.6. The third kappa shape index (κ3) is 2.60. The average molecular weight is 279 g/mol. The predicted molar refractivity (Wildman–Crippen MR) is 71.0 cm³/mol. The summed E-state index contributed by atoms with van der Waals surface area (Å²) in [6.45, 7) is 2.09. The fraction of sp³-hybridized carbons (Fsp3) is 0.429. The molecule has 0 saturated carbocycles. The Morgan fingerprint density at radius 1 is 1.45 bits per heavy atom. The minimum Gasteiger partial charge on any atom is -0.497 e. The van der Waals surface area contributed by atoms with E-state index in [0.29, 0.717) is 17.9 Å². The van der Waals surface area contributed by atoms with E-state index in [-0.39, 0.29) is 13.0 Å². The van der Waals surface area contributed by atoms with Gasteiger partial charge < -0.3 is 19.9 Å². The van der Waals surface area contributed by atoms with E-state index in [0.717, 1.165) is 5.56 Å². The molecule has 1 aromatic carbocycles.